The maximum Gasteiger partial charge on any atom is 0.416 e. The number of phenolic OH excluding ortho intramolecular Hbond substituents is 1. The van der Waals surface area contributed by atoms with Crippen molar-refractivity contribution in [2.24, 2.45) is 0 Å². The van der Waals surface area contributed by atoms with Crippen LogP contribution in [0.15, 0.2) is 24.3 Å². The van der Waals surface area contributed by atoms with Gasteiger partial charge in [0.2, 0.25) is 0 Å². The number of rotatable bonds is 2. The molecule has 2 aliphatic heterocycles. The van der Waals surface area contributed by atoms with Crippen LogP contribution in [0.3, 0.4) is 0 Å². The van der Waals surface area contributed by atoms with E-state index in [-0.39, 0.29) is 17.7 Å². The van der Waals surface area contributed by atoms with Crippen molar-refractivity contribution in [2.75, 3.05) is 38.2 Å². The molecule has 9 heteroatoms. The summed E-state index contributed by atoms with van der Waals surface area (Å²) in [4.78, 5) is 4.37. The van der Waals surface area contributed by atoms with Crippen LogP contribution in [0, 0.1) is 6.92 Å². The summed E-state index contributed by atoms with van der Waals surface area (Å²) in [7, 11) is 2.05. The predicted molar refractivity (Wildman–Crippen MR) is 97.2 cm³/mol. The zero-order chi connectivity index (χ0) is 20.1. The van der Waals surface area contributed by atoms with Crippen LogP contribution >= 0.6 is 0 Å². The summed E-state index contributed by atoms with van der Waals surface area (Å²) in [6.07, 6.45) is -4.39. The van der Waals surface area contributed by atoms with E-state index in [2.05, 4.69) is 20.0 Å². The zero-order valence-electron chi connectivity index (χ0n) is 15.6. The molecule has 1 N–H and O–H groups in total. The molecule has 2 saturated heterocycles. The number of hydrogen-bond donors (Lipinski definition) is 1. The molecule has 0 saturated carbocycles. The Morgan fingerprint density at radius 2 is 1.96 bits per heavy atom. The number of aromatic hydroxyl groups is 1. The molecule has 3 heterocycles. The van der Waals surface area contributed by atoms with Crippen LogP contribution in [-0.2, 0) is 10.9 Å². The van der Waals surface area contributed by atoms with Crippen molar-refractivity contribution < 1.29 is 23.0 Å². The maximum absolute atomic E-state index is 12.9. The third kappa shape index (κ3) is 3.40. The lowest BCUT2D eigenvalue weighted by Gasteiger charge is -2.37. The van der Waals surface area contributed by atoms with Crippen molar-refractivity contribution >= 4 is 5.82 Å². The third-order valence-corrected chi connectivity index (χ3v) is 5.33. The van der Waals surface area contributed by atoms with E-state index in [4.69, 9.17) is 4.74 Å². The van der Waals surface area contributed by atoms with Gasteiger partial charge in [-0.15, -0.1) is 10.2 Å². The Bertz CT molecular complexity index is 849. The number of anilines is 1. The molecule has 6 nitrogen and oxygen atoms in total. The first-order valence-corrected chi connectivity index (χ1v) is 9.06. The Hall–Kier alpha value is -2.39. The fourth-order valence-corrected chi connectivity index (χ4v) is 4.03. The number of ether oxygens (including phenoxy) is 1. The molecule has 1 aromatic carbocycles. The van der Waals surface area contributed by atoms with Crippen molar-refractivity contribution in [1.29, 1.82) is 0 Å². The van der Waals surface area contributed by atoms with Crippen molar-refractivity contribution in [1.82, 2.24) is 15.1 Å². The van der Waals surface area contributed by atoms with Crippen molar-refractivity contribution in [2.45, 2.75) is 25.2 Å². The molecule has 0 aliphatic carbocycles. The Labute approximate surface area is 160 Å². The van der Waals surface area contributed by atoms with Gasteiger partial charge in [-0.2, -0.15) is 13.2 Å². The van der Waals surface area contributed by atoms with E-state index in [1.807, 2.05) is 7.05 Å². The summed E-state index contributed by atoms with van der Waals surface area (Å²) >= 11 is 0. The van der Waals surface area contributed by atoms with Gasteiger partial charge in [-0.25, -0.2) is 0 Å². The van der Waals surface area contributed by atoms with E-state index in [9.17, 15) is 18.3 Å². The number of phenols is 1. The van der Waals surface area contributed by atoms with E-state index in [0.29, 0.717) is 30.2 Å². The summed E-state index contributed by atoms with van der Waals surface area (Å²) in [5.74, 6) is 0.236. The van der Waals surface area contributed by atoms with Crippen LogP contribution < -0.4 is 4.90 Å². The van der Waals surface area contributed by atoms with Crippen LogP contribution in [0.25, 0.3) is 11.3 Å². The van der Waals surface area contributed by atoms with Gasteiger partial charge in [-0.05, 0) is 43.8 Å². The summed E-state index contributed by atoms with van der Waals surface area (Å²) in [6.45, 7) is 4.56. The minimum absolute atomic E-state index is 0.126. The van der Waals surface area contributed by atoms with Gasteiger partial charge in [0.25, 0.3) is 0 Å². The largest absolute Gasteiger partial charge is 0.507 e. The minimum Gasteiger partial charge on any atom is -0.507 e. The van der Waals surface area contributed by atoms with E-state index >= 15 is 0 Å². The molecule has 2 atom stereocenters. The van der Waals surface area contributed by atoms with E-state index in [0.717, 1.165) is 25.2 Å². The minimum atomic E-state index is -4.52. The molecule has 150 valence electrons. The highest BCUT2D eigenvalue weighted by molar-refractivity contribution is 5.71. The Balaban J connectivity index is 1.62. The average molecular weight is 394 g/mol. The van der Waals surface area contributed by atoms with Gasteiger partial charge in [0.15, 0.2) is 5.82 Å². The smallest absolute Gasteiger partial charge is 0.416 e. The van der Waals surface area contributed by atoms with Crippen LogP contribution in [0.4, 0.5) is 19.0 Å². The number of hydrogen-bond acceptors (Lipinski definition) is 6. The zero-order valence-corrected chi connectivity index (χ0v) is 15.6. The van der Waals surface area contributed by atoms with Gasteiger partial charge < -0.3 is 19.6 Å². The average Bonchev–Trinajstić information content (AvgIpc) is 3.01. The molecule has 0 bridgehead atoms. The topological polar surface area (TPSA) is 61.7 Å². The fourth-order valence-electron chi connectivity index (χ4n) is 4.03. The van der Waals surface area contributed by atoms with Crippen molar-refractivity contribution in [3.8, 4) is 17.0 Å². The number of aryl methyl sites for hydroxylation is 1. The summed E-state index contributed by atoms with van der Waals surface area (Å²) in [5, 5.41) is 18.6. The monoisotopic (exact) mass is 394 g/mol. The standard InChI is InChI=1S/C19H21F3N4O2/c1-11-7-12(19(20,21)22)8-15(27)18(11)13-3-4-17(24-23-13)26-5-6-28-16-10-25(2)9-14(16)26/h3-4,7-8,14,16,27H,5-6,9-10H2,1-2H3. The van der Waals surface area contributed by atoms with E-state index in [1.165, 1.54) is 6.92 Å². The number of alkyl halides is 3. The summed E-state index contributed by atoms with van der Waals surface area (Å²) in [5.41, 5.74) is -0.00732. The molecule has 2 unspecified atom stereocenters. The highest BCUT2D eigenvalue weighted by Crippen LogP contribution is 2.38. The predicted octanol–water partition coefficient (Wildman–Crippen LogP) is 2.70. The molecule has 0 radical (unpaired) electrons. The number of morpholine rings is 1. The highest BCUT2D eigenvalue weighted by Gasteiger charge is 2.39. The number of aromatic nitrogens is 2. The molecular weight excluding hydrogens is 373 g/mol. The molecule has 2 fully saturated rings. The van der Waals surface area contributed by atoms with Crippen LogP contribution in [0.2, 0.25) is 0 Å². The van der Waals surface area contributed by atoms with E-state index < -0.39 is 17.5 Å². The lowest BCUT2D eigenvalue weighted by molar-refractivity contribution is -0.137. The number of likely N-dealkylation sites (tertiary alicyclic amines) is 1. The normalized spacial score (nSPS) is 23.1. The quantitative estimate of drug-likeness (QED) is 0.845. The molecule has 0 amide bonds. The first-order chi connectivity index (χ1) is 13.2. The fraction of sp³-hybridized carbons (Fsp3) is 0.474. The summed E-state index contributed by atoms with van der Waals surface area (Å²) < 4.78 is 44.6. The van der Waals surface area contributed by atoms with Gasteiger partial charge in [0.1, 0.15) is 5.75 Å². The molecule has 0 spiro atoms. The Morgan fingerprint density at radius 1 is 1.18 bits per heavy atom. The molecule has 28 heavy (non-hydrogen) atoms. The molecule has 1 aromatic heterocycles. The first kappa shape index (κ1) is 18.9. The second-order valence-electron chi connectivity index (χ2n) is 7.35. The van der Waals surface area contributed by atoms with Crippen LogP contribution in [-0.4, -0.2) is 65.6 Å². The lowest BCUT2D eigenvalue weighted by Crippen LogP contribution is -2.51. The van der Waals surface area contributed by atoms with Gasteiger partial charge in [0.05, 0.1) is 30.0 Å². The molecule has 2 aliphatic rings. The van der Waals surface area contributed by atoms with Crippen molar-refractivity contribution in [3.05, 3.63) is 35.4 Å². The number of likely N-dealkylation sites (N-methyl/N-ethyl adjacent to an activating group) is 1. The molecule has 2 aromatic rings. The second-order valence-corrected chi connectivity index (χ2v) is 7.35. The Kier molecular flexibility index (Phi) is 4.67. The van der Waals surface area contributed by atoms with Crippen molar-refractivity contribution in [3.63, 3.8) is 0 Å². The summed E-state index contributed by atoms with van der Waals surface area (Å²) in [6, 6.07) is 5.39. The number of halogens is 3. The van der Waals surface area contributed by atoms with Gasteiger partial charge >= 0.3 is 6.18 Å². The Morgan fingerprint density at radius 3 is 2.61 bits per heavy atom. The number of benzene rings is 1. The van der Waals surface area contributed by atoms with Crippen LogP contribution in [0.1, 0.15) is 11.1 Å². The van der Waals surface area contributed by atoms with Crippen LogP contribution in [0.5, 0.6) is 5.75 Å². The maximum atomic E-state index is 12.9. The lowest BCUT2D eigenvalue weighted by atomic mass is 10.0. The van der Waals surface area contributed by atoms with E-state index in [1.54, 1.807) is 12.1 Å². The molecule has 4 rings (SSSR count). The molecular formula is C19H21F3N4O2. The number of fused-ring (bicyclic) bond motifs is 1. The first-order valence-electron chi connectivity index (χ1n) is 9.06. The van der Waals surface area contributed by atoms with Gasteiger partial charge in [0, 0.05) is 25.2 Å². The van der Waals surface area contributed by atoms with Gasteiger partial charge in [-0.1, -0.05) is 0 Å². The third-order valence-electron chi connectivity index (χ3n) is 5.33. The highest BCUT2D eigenvalue weighted by atomic mass is 19.4. The second kappa shape index (κ2) is 6.89. The van der Waals surface area contributed by atoms with Gasteiger partial charge in [-0.3, -0.25) is 0 Å². The number of nitrogens with zero attached hydrogens (tertiary/aromatic N) is 4. The SMILES string of the molecule is Cc1cc(C(F)(F)F)cc(O)c1-c1ccc(N2CCOC3CN(C)CC32)nn1.